The highest BCUT2D eigenvalue weighted by molar-refractivity contribution is 5.77. The van der Waals surface area contributed by atoms with Gasteiger partial charge < -0.3 is 14.6 Å². The second-order valence-corrected chi connectivity index (χ2v) is 6.92. The number of hydrogen-bond acceptors (Lipinski definition) is 5. The van der Waals surface area contributed by atoms with E-state index in [0.29, 0.717) is 36.1 Å². The summed E-state index contributed by atoms with van der Waals surface area (Å²) >= 11 is 0. The molecule has 1 atom stereocenters. The molecule has 6 heteroatoms. The van der Waals surface area contributed by atoms with Crippen molar-refractivity contribution in [1.82, 2.24) is 9.88 Å². The van der Waals surface area contributed by atoms with Crippen molar-refractivity contribution < 1.29 is 19.4 Å². The molecule has 144 valence electrons. The van der Waals surface area contributed by atoms with Crippen molar-refractivity contribution >= 4 is 5.97 Å². The molecule has 0 bridgehead atoms. The van der Waals surface area contributed by atoms with Gasteiger partial charge >= 0.3 is 5.97 Å². The lowest BCUT2D eigenvalue weighted by molar-refractivity contribution is -0.144. The van der Waals surface area contributed by atoms with Gasteiger partial charge in [0.1, 0.15) is 6.04 Å². The van der Waals surface area contributed by atoms with Crippen LogP contribution in [0.3, 0.4) is 0 Å². The molecule has 1 saturated heterocycles. The highest BCUT2D eigenvalue weighted by Crippen LogP contribution is 2.40. The van der Waals surface area contributed by atoms with Crippen molar-refractivity contribution in [3.05, 3.63) is 53.3 Å². The van der Waals surface area contributed by atoms with Crippen LogP contribution >= 0.6 is 0 Å². The van der Waals surface area contributed by atoms with Gasteiger partial charge in [0.05, 0.1) is 14.2 Å². The number of piperidine rings is 1. The second kappa shape index (κ2) is 8.39. The third-order valence-electron chi connectivity index (χ3n) is 5.25. The molecule has 0 spiro atoms. The molecule has 2 heterocycles. The van der Waals surface area contributed by atoms with Crippen LogP contribution in [0.25, 0.3) is 0 Å². The molecule has 2 aromatic rings. The van der Waals surface area contributed by atoms with Crippen molar-refractivity contribution in [3.8, 4) is 11.5 Å². The van der Waals surface area contributed by atoms with E-state index in [4.69, 9.17) is 9.47 Å². The van der Waals surface area contributed by atoms with Gasteiger partial charge in [0, 0.05) is 18.0 Å². The minimum Gasteiger partial charge on any atom is -0.493 e. The third-order valence-corrected chi connectivity index (χ3v) is 5.25. The number of likely N-dealkylation sites (tertiary alicyclic amines) is 1. The topological polar surface area (TPSA) is 71.9 Å². The minimum absolute atomic E-state index is 0.438. The van der Waals surface area contributed by atoms with E-state index in [-0.39, 0.29) is 0 Å². The number of aromatic nitrogens is 1. The van der Waals surface area contributed by atoms with Crippen LogP contribution in [0.5, 0.6) is 11.5 Å². The average molecular weight is 370 g/mol. The maximum atomic E-state index is 12.2. The van der Waals surface area contributed by atoms with Crippen LogP contribution in [0.15, 0.2) is 36.7 Å². The smallest absolute Gasteiger partial charge is 0.325 e. The first kappa shape index (κ1) is 19.2. The first-order chi connectivity index (χ1) is 13.0. The second-order valence-electron chi connectivity index (χ2n) is 6.92. The Morgan fingerprint density at radius 1 is 1.19 bits per heavy atom. The van der Waals surface area contributed by atoms with Crippen LogP contribution < -0.4 is 9.47 Å². The lowest BCUT2D eigenvalue weighted by atomic mass is 9.88. The lowest BCUT2D eigenvalue weighted by Gasteiger charge is -2.36. The molecule has 3 rings (SSSR count). The van der Waals surface area contributed by atoms with Crippen LogP contribution in [0, 0.1) is 6.92 Å². The summed E-state index contributed by atoms with van der Waals surface area (Å²) in [5.41, 5.74) is 2.86. The maximum Gasteiger partial charge on any atom is 0.325 e. The van der Waals surface area contributed by atoms with Gasteiger partial charge in [-0.3, -0.25) is 14.7 Å². The minimum atomic E-state index is -0.872. The van der Waals surface area contributed by atoms with Crippen molar-refractivity contribution in [1.29, 1.82) is 0 Å². The molecule has 0 unspecified atom stereocenters. The number of carboxylic acids is 1. The maximum absolute atomic E-state index is 12.2. The molecule has 6 nitrogen and oxygen atoms in total. The number of aliphatic carboxylic acids is 1. The molecule has 1 aliphatic rings. The summed E-state index contributed by atoms with van der Waals surface area (Å²) < 4.78 is 10.9. The Hall–Kier alpha value is -2.60. The van der Waals surface area contributed by atoms with E-state index in [1.807, 2.05) is 48.5 Å². The number of nitrogens with zero attached hydrogens (tertiary/aromatic N) is 2. The standard InChI is InChI=1S/C21H26N2O4/c1-14-12-17(20(27-3)18(13-14)26-2)19(21(24)25)23-10-6-16(7-11-23)15-4-8-22-9-5-15/h4-5,8-9,12-13,16,19H,6-7,10-11H2,1-3H3,(H,24,25)/t19-/m1/s1. The van der Waals surface area contributed by atoms with E-state index in [0.717, 1.165) is 18.4 Å². The molecule has 27 heavy (non-hydrogen) atoms. The summed E-state index contributed by atoms with van der Waals surface area (Å²) in [6, 6.07) is 7.07. The van der Waals surface area contributed by atoms with E-state index >= 15 is 0 Å². The molecule has 0 saturated carbocycles. The van der Waals surface area contributed by atoms with Crippen LogP contribution in [-0.4, -0.2) is 48.3 Å². The first-order valence-electron chi connectivity index (χ1n) is 9.14. The van der Waals surface area contributed by atoms with Gasteiger partial charge in [0.15, 0.2) is 11.5 Å². The van der Waals surface area contributed by atoms with Gasteiger partial charge in [0.25, 0.3) is 0 Å². The van der Waals surface area contributed by atoms with Gasteiger partial charge in [-0.05, 0) is 74.2 Å². The highest BCUT2D eigenvalue weighted by Gasteiger charge is 2.34. The molecule has 0 radical (unpaired) electrons. The number of rotatable bonds is 6. The molecule has 1 aliphatic heterocycles. The van der Waals surface area contributed by atoms with Crippen LogP contribution in [0.4, 0.5) is 0 Å². The van der Waals surface area contributed by atoms with Crippen molar-refractivity contribution in [2.75, 3.05) is 27.3 Å². The summed E-state index contributed by atoms with van der Waals surface area (Å²) in [6.07, 6.45) is 5.45. The van der Waals surface area contributed by atoms with Gasteiger partial charge in [-0.2, -0.15) is 0 Å². The number of aryl methyl sites for hydroxylation is 1. The Morgan fingerprint density at radius 3 is 2.41 bits per heavy atom. The number of ether oxygens (including phenoxy) is 2. The fraction of sp³-hybridized carbons (Fsp3) is 0.429. The van der Waals surface area contributed by atoms with E-state index < -0.39 is 12.0 Å². The zero-order valence-electron chi connectivity index (χ0n) is 16.0. The molecule has 0 aliphatic carbocycles. The number of methoxy groups -OCH3 is 2. The number of pyridine rings is 1. The highest BCUT2D eigenvalue weighted by atomic mass is 16.5. The van der Waals surface area contributed by atoms with Crippen LogP contribution in [0.1, 0.15) is 41.5 Å². The lowest BCUT2D eigenvalue weighted by Crippen LogP contribution is -2.40. The van der Waals surface area contributed by atoms with Crippen molar-refractivity contribution in [3.63, 3.8) is 0 Å². The normalized spacial score (nSPS) is 16.7. The third kappa shape index (κ3) is 4.06. The fourth-order valence-corrected chi connectivity index (χ4v) is 3.95. The van der Waals surface area contributed by atoms with Crippen molar-refractivity contribution in [2.24, 2.45) is 0 Å². The first-order valence-corrected chi connectivity index (χ1v) is 9.14. The van der Waals surface area contributed by atoms with Gasteiger partial charge in [-0.15, -0.1) is 0 Å². The molecule has 1 aromatic heterocycles. The summed E-state index contributed by atoms with van der Waals surface area (Å²) in [6.45, 7) is 3.35. The Bertz CT molecular complexity index is 786. The van der Waals surface area contributed by atoms with E-state index in [9.17, 15) is 9.90 Å². The zero-order chi connectivity index (χ0) is 19.4. The predicted octanol–water partition coefficient (Wildman–Crippen LogP) is 3.41. The Labute approximate surface area is 159 Å². The van der Waals surface area contributed by atoms with E-state index in [1.54, 1.807) is 14.2 Å². The molecule has 1 fully saturated rings. The number of benzene rings is 1. The number of carboxylic acid groups (broad SMARTS) is 1. The van der Waals surface area contributed by atoms with E-state index in [1.165, 1.54) is 5.56 Å². The van der Waals surface area contributed by atoms with Crippen LogP contribution in [-0.2, 0) is 4.79 Å². The average Bonchev–Trinajstić information content (AvgIpc) is 2.68. The molecular weight excluding hydrogens is 344 g/mol. The summed E-state index contributed by atoms with van der Waals surface area (Å²) in [4.78, 5) is 18.3. The summed E-state index contributed by atoms with van der Waals surface area (Å²) in [5.74, 6) is 0.619. The Kier molecular flexibility index (Phi) is 5.96. The van der Waals surface area contributed by atoms with Gasteiger partial charge in [0.2, 0.25) is 0 Å². The van der Waals surface area contributed by atoms with Crippen molar-refractivity contribution in [2.45, 2.75) is 31.7 Å². The van der Waals surface area contributed by atoms with E-state index in [2.05, 4.69) is 4.98 Å². The SMILES string of the molecule is COc1cc(C)cc([C@H](C(=O)O)N2CCC(c3ccncc3)CC2)c1OC. The van der Waals surface area contributed by atoms with Gasteiger partial charge in [-0.25, -0.2) is 0 Å². The zero-order valence-corrected chi connectivity index (χ0v) is 16.0. The quantitative estimate of drug-likeness (QED) is 0.840. The predicted molar refractivity (Wildman–Crippen MR) is 102 cm³/mol. The molecule has 1 aromatic carbocycles. The number of hydrogen-bond donors (Lipinski definition) is 1. The Morgan fingerprint density at radius 2 is 1.85 bits per heavy atom. The molecular formula is C21H26N2O4. The summed E-state index contributed by atoms with van der Waals surface area (Å²) in [7, 11) is 3.11. The molecule has 1 N–H and O–H groups in total. The van der Waals surface area contributed by atoms with Gasteiger partial charge in [-0.1, -0.05) is 0 Å². The number of carbonyl (C=O) groups is 1. The Balaban J connectivity index is 1.86. The monoisotopic (exact) mass is 370 g/mol. The summed E-state index contributed by atoms with van der Waals surface area (Å²) in [5, 5.41) is 9.99. The molecule has 0 amide bonds. The fourth-order valence-electron chi connectivity index (χ4n) is 3.95. The largest absolute Gasteiger partial charge is 0.493 e. The van der Waals surface area contributed by atoms with Crippen LogP contribution in [0.2, 0.25) is 0 Å².